The molecular formula is C18H10ClF3N4. The zero-order valence-electron chi connectivity index (χ0n) is 13.1. The number of hydrogen-bond donors (Lipinski definition) is 0. The smallest absolute Gasteiger partial charge is 0.252 e. The van der Waals surface area contributed by atoms with E-state index < -0.39 is 11.7 Å². The molecule has 8 heteroatoms. The predicted molar refractivity (Wildman–Crippen MR) is 91.7 cm³/mol. The van der Waals surface area contributed by atoms with Crippen LogP contribution in [-0.2, 0) is 6.18 Å². The Labute approximate surface area is 150 Å². The predicted octanol–water partition coefficient (Wildman–Crippen LogP) is 5.13. The topological polar surface area (TPSA) is 43.1 Å². The van der Waals surface area contributed by atoms with Crippen LogP contribution in [-0.4, -0.2) is 19.6 Å². The third-order valence-electron chi connectivity index (χ3n) is 3.90. The lowest BCUT2D eigenvalue weighted by Gasteiger charge is -2.10. The maximum absolute atomic E-state index is 12.8. The van der Waals surface area contributed by atoms with E-state index in [1.165, 1.54) is 4.52 Å². The van der Waals surface area contributed by atoms with Gasteiger partial charge in [0.15, 0.2) is 5.65 Å². The van der Waals surface area contributed by atoms with Gasteiger partial charge >= 0.3 is 6.18 Å². The lowest BCUT2D eigenvalue weighted by atomic mass is 10.1. The Bertz CT molecular complexity index is 1090. The van der Waals surface area contributed by atoms with Crippen molar-refractivity contribution in [1.82, 2.24) is 19.6 Å². The molecule has 0 aliphatic carbocycles. The summed E-state index contributed by atoms with van der Waals surface area (Å²) in [6.45, 7) is 0. The molecule has 0 unspecified atom stereocenters. The van der Waals surface area contributed by atoms with Gasteiger partial charge < -0.3 is 0 Å². The summed E-state index contributed by atoms with van der Waals surface area (Å²) in [7, 11) is 0. The Kier molecular flexibility index (Phi) is 3.88. The van der Waals surface area contributed by atoms with Crippen LogP contribution in [0, 0.1) is 0 Å². The summed E-state index contributed by atoms with van der Waals surface area (Å²) >= 11 is 6.07. The van der Waals surface area contributed by atoms with Crippen LogP contribution in [0.4, 0.5) is 13.2 Å². The number of nitrogens with zero attached hydrogens (tertiary/aromatic N) is 4. The summed E-state index contributed by atoms with van der Waals surface area (Å²) in [6.07, 6.45) is -0.544. The molecule has 4 nitrogen and oxygen atoms in total. The van der Waals surface area contributed by atoms with Crippen molar-refractivity contribution < 1.29 is 13.2 Å². The molecule has 4 rings (SSSR count). The van der Waals surface area contributed by atoms with Gasteiger partial charge in [0, 0.05) is 18.0 Å². The van der Waals surface area contributed by atoms with Gasteiger partial charge in [0.25, 0.3) is 0 Å². The lowest BCUT2D eigenvalue weighted by Crippen LogP contribution is -2.06. The largest absolute Gasteiger partial charge is 0.417 e. The third kappa shape index (κ3) is 2.80. The SMILES string of the molecule is FC(F)(F)c1cnc(-c2ccnc3c(-c4ccccc4)cnn23)c(Cl)c1. The monoisotopic (exact) mass is 374 g/mol. The molecule has 130 valence electrons. The molecule has 0 radical (unpaired) electrons. The lowest BCUT2D eigenvalue weighted by molar-refractivity contribution is -0.137. The molecule has 26 heavy (non-hydrogen) atoms. The Morgan fingerprint density at radius 2 is 1.73 bits per heavy atom. The van der Waals surface area contributed by atoms with Crippen molar-refractivity contribution in [3.05, 3.63) is 71.6 Å². The van der Waals surface area contributed by atoms with Gasteiger partial charge in [-0.15, -0.1) is 0 Å². The first-order valence-electron chi connectivity index (χ1n) is 7.56. The second-order valence-corrected chi connectivity index (χ2v) is 5.95. The molecule has 0 N–H and O–H groups in total. The summed E-state index contributed by atoms with van der Waals surface area (Å²) < 4.78 is 40.0. The zero-order valence-corrected chi connectivity index (χ0v) is 13.8. The molecule has 4 aromatic rings. The summed E-state index contributed by atoms with van der Waals surface area (Å²) in [5, 5.41) is 4.21. The third-order valence-corrected chi connectivity index (χ3v) is 4.19. The van der Waals surface area contributed by atoms with Gasteiger partial charge in [-0.05, 0) is 17.7 Å². The van der Waals surface area contributed by atoms with Gasteiger partial charge in [-0.25, -0.2) is 9.50 Å². The van der Waals surface area contributed by atoms with Crippen LogP contribution in [0.3, 0.4) is 0 Å². The standard InChI is InChI=1S/C18H10ClF3N4/c19-14-8-12(18(20,21)22)9-24-16(14)15-6-7-23-17-13(10-25-26(15)17)11-4-2-1-3-5-11/h1-10H. The molecule has 0 atom stereocenters. The summed E-state index contributed by atoms with van der Waals surface area (Å²) in [6, 6.07) is 12.0. The summed E-state index contributed by atoms with van der Waals surface area (Å²) in [5.41, 5.74) is 2.05. The van der Waals surface area contributed by atoms with Gasteiger partial charge in [-0.3, -0.25) is 4.98 Å². The molecule has 3 heterocycles. The number of rotatable bonds is 2. The van der Waals surface area contributed by atoms with Crippen LogP contribution in [0.5, 0.6) is 0 Å². The second-order valence-electron chi connectivity index (χ2n) is 5.54. The number of alkyl halides is 3. The molecule has 0 spiro atoms. The zero-order chi connectivity index (χ0) is 18.3. The van der Waals surface area contributed by atoms with E-state index in [1.54, 1.807) is 18.5 Å². The van der Waals surface area contributed by atoms with Crippen molar-refractivity contribution in [3.63, 3.8) is 0 Å². The number of benzene rings is 1. The van der Waals surface area contributed by atoms with Crippen LogP contribution >= 0.6 is 11.6 Å². The Morgan fingerprint density at radius 3 is 2.42 bits per heavy atom. The highest BCUT2D eigenvalue weighted by Gasteiger charge is 2.32. The molecule has 0 aliphatic heterocycles. The van der Waals surface area contributed by atoms with Crippen molar-refractivity contribution in [2.24, 2.45) is 0 Å². The fraction of sp³-hybridized carbons (Fsp3) is 0.0556. The number of hydrogen-bond acceptors (Lipinski definition) is 3. The normalized spacial score (nSPS) is 11.8. The van der Waals surface area contributed by atoms with Crippen molar-refractivity contribution in [2.75, 3.05) is 0 Å². The van der Waals surface area contributed by atoms with Crippen molar-refractivity contribution >= 4 is 17.2 Å². The fourth-order valence-corrected chi connectivity index (χ4v) is 2.94. The van der Waals surface area contributed by atoms with Gasteiger partial charge in [0.1, 0.15) is 5.69 Å². The van der Waals surface area contributed by atoms with Crippen LogP contribution in [0.2, 0.25) is 5.02 Å². The van der Waals surface area contributed by atoms with Crippen LogP contribution < -0.4 is 0 Å². The first kappa shape index (κ1) is 16.5. The molecule has 0 fully saturated rings. The van der Waals surface area contributed by atoms with E-state index in [9.17, 15) is 13.2 Å². The van der Waals surface area contributed by atoms with Crippen LogP contribution in [0.25, 0.3) is 28.2 Å². The maximum Gasteiger partial charge on any atom is 0.417 e. The van der Waals surface area contributed by atoms with Crippen LogP contribution in [0.1, 0.15) is 5.56 Å². The van der Waals surface area contributed by atoms with E-state index in [4.69, 9.17) is 11.6 Å². The van der Waals surface area contributed by atoms with E-state index in [0.717, 1.165) is 23.4 Å². The second kappa shape index (κ2) is 6.10. The van der Waals surface area contributed by atoms with Crippen molar-refractivity contribution in [1.29, 1.82) is 0 Å². The molecule has 0 saturated heterocycles. The Balaban J connectivity index is 1.88. The molecule has 1 aromatic carbocycles. The van der Waals surface area contributed by atoms with Crippen molar-refractivity contribution in [2.45, 2.75) is 6.18 Å². The minimum absolute atomic E-state index is 0.107. The van der Waals surface area contributed by atoms with E-state index in [1.807, 2.05) is 30.3 Å². The van der Waals surface area contributed by atoms with Gasteiger partial charge in [-0.1, -0.05) is 41.9 Å². The van der Waals surface area contributed by atoms with E-state index >= 15 is 0 Å². The number of pyridine rings is 1. The minimum Gasteiger partial charge on any atom is -0.252 e. The molecule has 0 bridgehead atoms. The molecule has 3 aromatic heterocycles. The van der Waals surface area contributed by atoms with Crippen LogP contribution in [0.15, 0.2) is 61.1 Å². The highest BCUT2D eigenvalue weighted by Crippen LogP contribution is 2.34. The first-order chi connectivity index (χ1) is 12.4. The average Bonchev–Trinajstić information content (AvgIpc) is 3.06. The van der Waals surface area contributed by atoms with E-state index in [0.29, 0.717) is 11.3 Å². The van der Waals surface area contributed by atoms with Gasteiger partial charge in [0.2, 0.25) is 0 Å². The average molecular weight is 375 g/mol. The Morgan fingerprint density at radius 1 is 0.962 bits per heavy atom. The van der Waals surface area contributed by atoms with Gasteiger partial charge in [-0.2, -0.15) is 18.3 Å². The maximum atomic E-state index is 12.8. The first-order valence-corrected chi connectivity index (χ1v) is 7.94. The highest BCUT2D eigenvalue weighted by molar-refractivity contribution is 6.33. The van der Waals surface area contributed by atoms with Crippen molar-refractivity contribution in [3.8, 4) is 22.5 Å². The minimum atomic E-state index is -4.51. The number of halogens is 4. The molecule has 0 saturated carbocycles. The Hall–Kier alpha value is -2.93. The van der Waals surface area contributed by atoms with Gasteiger partial charge in [0.05, 0.1) is 22.5 Å². The number of aromatic nitrogens is 4. The molecule has 0 aliphatic rings. The highest BCUT2D eigenvalue weighted by atomic mass is 35.5. The fourth-order valence-electron chi connectivity index (χ4n) is 2.67. The molecular weight excluding hydrogens is 365 g/mol. The quantitative estimate of drug-likeness (QED) is 0.488. The van der Waals surface area contributed by atoms with E-state index in [2.05, 4.69) is 15.1 Å². The molecule has 0 amide bonds. The summed E-state index contributed by atoms with van der Waals surface area (Å²) in [4.78, 5) is 8.25. The number of fused-ring (bicyclic) bond motifs is 1. The summed E-state index contributed by atoms with van der Waals surface area (Å²) in [5.74, 6) is 0. The van der Waals surface area contributed by atoms with E-state index in [-0.39, 0.29) is 10.7 Å².